The fourth-order valence-electron chi connectivity index (χ4n) is 3.21. The molecule has 3 aromatic heterocycles. The Kier molecular flexibility index (Phi) is 5.44. The summed E-state index contributed by atoms with van der Waals surface area (Å²) in [6, 6.07) is 14.3. The highest BCUT2D eigenvalue weighted by atomic mass is 19.1. The molecule has 0 saturated heterocycles. The second kappa shape index (κ2) is 8.35. The van der Waals surface area contributed by atoms with Gasteiger partial charge in [-0.1, -0.05) is 11.2 Å². The zero-order valence-corrected chi connectivity index (χ0v) is 16.9. The van der Waals surface area contributed by atoms with E-state index in [2.05, 4.69) is 10.1 Å². The molecule has 0 N–H and O–H groups in total. The fraction of sp³-hybridized carbons (Fsp3) is 0.130. The van der Waals surface area contributed by atoms with Gasteiger partial charge in [0.15, 0.2) is 5.76 Å². The number of rotatable bonds is 5. The van der Waals surface area contributed by atoms with E-state index in [4.69, 9.17) is 4.52 Å². The monoisotopic (exact) mass is 418 g/mol. The summed E-state index contributed by atoms with van der Waals surface area (Å²) in [5.41, 5.74) is 1.80. The van der Waals surface area contributed by atoms with Crippen LogP contribution < -0.4 is 5.56 Å². The highest BCUT2D eigenvalue weighted by Gasteiger charge is 2.21. The summed E-state index contributed by atoms with van der Waals surface area (Å²) in [5, 5.41) is 4.00. The zero-order valence-electron chi connectivity index (χ0n) is 16.9. The first-order valence-electron chi connectivity index (χ1n) is 9.54. The van der Waals surface area contributed by atoms with Gasteiger partial charge in [0, 0.05) is 31.2 Å². The maximum atomic E-state index is 13.2. The van der Waals surface area contributed by atoms with Crippen LogP contribution in [0, 0.1) is 12.7 Å². The minimum Gasteiger partial charge on any atom is -0.359 e. The van der Waals surface area contributed by atoms with Crippen molar-refractivity contribution in [3.05, 3.63) is 100 Å². The molecule has 4 rings (SSSR count). The number of carbonyl (C=O) groups excluding carboxylic acids is 1. The van der Waals surface area contributed by atoms with E-state index in [0.717, 1.165) is 0 Å². The standard InChI is InChI=1S/C23H19FN4O3/c1-15-10-12-28(17-8-6-16(24)7-9-17)23(30)21(15)22(29)27(2)14-18-13-20(26-31-18)19-5-3-4-11-25-19/h3-13H,14H2,1-2H3. The topological polar surface area (TPSA) is 81.2 Å². The molecule has 4 aromatic rings. The summed E-state index contributed by atoms with van der Waals surface area (Å²) in [6.45, 7) is 1.83. The summed E-state index contributed by atoms with van der Waals surface area (Å²) in [5.74, 6) is -0.393. The van der Waals surface area contributed by atoms with E-state index >= 15 is 0 Å². The largest absolute Gasteiger partial charge is 0.359 e. The fourth-order valence-corrected chi connectivity index (χ4v) is 3.21. The van der Waals surface area contributed by atoms with Gasteiger partial charge >= 0.3 is 0 Å². The zero-order chi connectivity index (χ0) is 22.0. The van der Waals surface area contributed by atoms with E-state index in [1.54, 1.807) is 44.6 Å². The molecule has 0 aliphatic heterocycles. The predicted molar refractivity (Wildman–Crippen MR) is 112 cm³/mol. The summed E-state index contributed by atoms with van der Waals surface area (Å²) in [7, 11) is 1.58. The molecule has 7 nitrogen and oxygen atoms in total. The van der Waals surface area contributed by atoms with Gasteiger partial charge in [0.25, 0.3) is 11.5 Å². The number of amides is 1. The molecule has 0 radical (unpaired) electrons. The van der Waals surface area contributed by atoms with Crippen molar-refractivity contribution in [2.75, 3.05) is 7.05 Å². The van der Waals surface area contributed by atoms with Crippen molar-refractivity contribution >= 4 is 5.91 Å². The number of hydrogen-bond acceptors (Lipinski definition) is 5. The Morgan fingerprint density at radius 2 is 1.90 bits per heavy atom. The summed E-state index contributed by atoms with van der Waals surface area (Å²) < 4.78 is 19.9. The van der Waals surface area contributed by atoms with E-state index in [1.807, 2.05) is 12.1 Å². The van der Waals surface area contributed by atoms with Gasteiger partial charge in [-0.25, -0.2) is 4.39 Å². The molecule has 0 unspecified atom stereocenters. The average molecular weight is 418 g/mol. The highest BCUT2D eigenvalue weighted by molar-refractivity contribution is 5.95. The van der Waals surface area contributed by atoms with Crippen LogP contribution in [0.4, 0.5) is 4.39 Å². The SMILES string of the molecule is Cc1ccn(-c2ccc(F)cc2)c(=O)c1C(=O)N(C)Cc1cc(-c2ccccn2)no1. The molecule has 0 aliphatic rings. The van der Waals surface area contributed by atoms with Crippen molar-refractivity contribution in [1.29, 1.82) is 0 Å². The van der Waals surface area contributed by atoms with Crippen molar-refractivity contribution in [2.24, 2.45) is 0 Å². The first-order chi connectivity index (χ1) is 14.9. The Labute approximate surface area is 177 Å². The van der Waals surface area contributed by atoms with Gasteiger partial charge in [-0.3, -0.25) is 19.1 Å². The molecule has 0 bridgehead atoms. The molecule has 0 fully saturated rings. The summed E-state index contributed by atoms with van der Waals surface area (Å²) in [4.78, 5) is 31.7. The van der Waals surface area contributed by atoms with Gasteiger partial charge in [0.2, 0.25) is 0 Å². The second-order valence-electron chi connectivity index (χ2n) is 7.08. The smallest absolute Gasteiger partial charge is 0.268 e. The molecule has 0 spiro atoms. The molecular formula is C23H19FN4O3. The number of hydrogen-bond donors (Lipinski definition) is 0. The minimum absolute atomic E-state index is 0.0405. The molecule has 1 amide bonds. The molecular weight excluding hydrogens is 399 g/mol. The van der Waals surface area contributed by atoms with Crippen molar-refractivity contribution in [2.45, 2.75) is 13.5 Å². The lowest BCUT2D eigenvalue weighted by Gasteiger charge is -2.17. The van der Waals surface area contributed by atoms with Gasteiger partial charge in [0.05, 0.1) is 12.2 Å². The van der Waals surface area contributed by atoms with Crippen LogP contribution in [0.25, 0.3) is 17.1 Å². The highest BCUT2D eigenvalue weighted by Crippen LogP contribution is 2.18. The average Bonchev–Trinajstić information content (AvgIpc) is 3.24. The van der Waals surface area contributed by atoms with Gasteiger partial charge in [-0.2, -0.15) is 0 Å². The van der Waals surface area contributed by atoms with Crippen LogP contribution in [0.2, 0.25) is 0 Å². The third-order valence-corrected chi connectivity index (χ3v) is 4.85. The molecule has 1 aromatic carbocycles. The summed E-state index contributed by atoms with van der Waals surface area (Å²) in [6.07, 6.45) is 3.22. The van der Waals surface area contributed by atoms with Crippen LogP contribution in [-0.4, -0.2) is 32.6 Å². The van der Waals surface area contributed by atoms with Crippen LogP contribution in [0.3, 0.4) is 0 Å². The number of carbonyl (C=O) groups is 1. The number of benzene rings is 1. The number of nitrogens with zero attached hydrogens (tertiary/aromatic N) is 4. The predicted octanol–water partition coefficient (Wildman–Crippen LogP) is 3.61. The number of halogens is 1. The molecule has 8 heteroatoms. The Balaban J connectivity index is 1.59. The Hall–Kier alpha value is -4.07. The molecule has 0 aliphatic carbocycles. The van der Waals surface area contributed by atoms with Gasteiger partial charge in [-0.05, 0) is 55.0 Å². The van der Waals surface area contributed by atoms with Gasteiger partial charge in [-0.15, -0.1) is 0 Å². The van der Waals surface area contributed by atoms with E-state index in [0.29, 0.717) is 28.4 Å². The normalized spacial score (nSPS) is 10.8. The molecule has 156 valence electrons. The maximum Gasteiger partial charge on any atom is 0.268 e. The van der Waals surface area contributed by atoms with Crippen LogP contribution >= 0.6 is 0 Å². The number of aromatic nitrogens is 3. The summed E-state index contributed by atoms with van der Waals surface area (Å²) >= 11 is 0. The number of pyridine rings is 2. The van der Waals surface area contributed by atoms with Crippen LogP contribution in [-0.2, 0) is 6.54 Å². The van der Waals surface area contributed by atoms with Crippen molar-refractivity contribution in [1.82, 2.24) is 19.6 Å². The van der Waals surface area contributed by atoms with Crippen molar-refractivity contribution in [3.8, 4) is 17.1 Å². The van der Waals surface area contributed by atoms with Crippen LogP contribution in [0.5, 0.6) is 0 Å². The lowest BCUT2D eigenvalue weighted by molar-refractivity contribution is 0.0769. The molecule has 0 saturated carbocycles. The Morgan fingerprint density at radius 1 is 1.13 bits per heavy atom. The van der Waals surface area contributed by atoms with Crippen molar-refractivity contribution in [3.63, 3.8) is 0 Å². The van der Waals surface area contributed by atoms with E-state index in [9.17, 15) is 14.0 Å². The van der Waals surface area contributed by atoms with Crippen LogP contribution in [0.1, 0.15) is 21.7 Å². The first-order valence-corrected chi connectivity index (χ1v) is 9.54. The van der Waals surface area contributed by atoms with E-state index < -0.39 is 17.3 Å². The molecule has 31 heavy (non-hydrogen) atoms. The van der Waals surface area contributed by atoms with Crippen LogP contribution in [0.15, 0.2) is 76.3 Å². The Morgan fingerprint density at radius 3 is 2.61 bits per heavy atom. The second-order valence-corrected chi connectivity index (χ2v) is 7.08. The Bertz CT molecular complexity index is 1280. The minimum atomic E-state index is -0.477. The van der Waals surface area contributed by atoms with E-state index in [1.165, 1.54) is 33.7 Å². The third kappa shape index (κ3) is 4.13. The quantitative estimate of drug-likeness (QED) is 0.495. The third-order valence-electron chi connectivity index (χ3n) is 4.85. The maximum absolute atomic E-state index is 13.2. The van der Waals surface area contributed by atoms with E-state index in [-0.39, 0.29) is 12.1 Å². The lowest BCUT2D eigenvalue weighted by Crippen LogP contribution is -2.34. The lowest BCUT2D eigenvalue weighted by atomic mass is 10.1. The van der Waals surface area contributed by atoms with Gasteiger partial charge < -0.3 is 9.42 Å². The van der Waals surface area contributed by atoms with Crippen molar-refractivity contribution < 1.29 is 13.7 Å². The number of aryl methyl sites for hydroxylation is 1. The molecule has 0 atom stereocenters. The molecule has 3 heterocycles. The van der Waals surface area contributed by atoms with Gasteiger partial charge in [0.1, 0.15) is 17.1 Å². The first kappa shape index (κ1) is 20.2.